The standard InChI is InChI=1S/C19H32N2O3/c1-11(2)16(17(23)20-10-12(3)22)21-18(24)19-7-13-4-14(8-19)6-15(5-13)9-19/h11-16,22H,4-10H2,1-3H3,(H,20,23)(H,21,24). The summed E-state index contributed by atoms with van der Waals surface area (Å²) in [5.41, 5.74) is -0.230. The Morgan fingerprint density at radius 3 is 1.96 bits per heavy atom. The van der Waals surface area contributed by atoms with Crippen molar-refractivity contribution < 1.29 is 14.7 Å². The summed E-state index contributed by atoms with van der Waals surface area (Å²) in [6.07, 6.45) is 6.33. The minimum Gasteiger partial charge on any atom is -0.392 e. The van der Waals surface area contributed by atoms with E-state index in [-0.39, 0.29) is 29.7 Å². The average Bonchev–Trinajstić information content (AvgIpc) is 2.48. The molecule has 0 aliphatic heterocycles. The highest BCUT2D eigenvalue weighted by Crippen LogP contribution is 2.60. The summed E-state index contributed by atoms with van der Waals surface area (Å²) >= 11 is 0. The van der Waals surface area contributed by atoms with Crippen molar-refractivity contribution in [2.24, 2.45) is 29.1 Å². The van der Waals surface area contributed by atoms with Gasteiger partial charge in [0.25, 0.3) is 0 Å². The van der Waals surface area contributed by atoms with Gasteiger partial charge < -0.3 is 15.7 Å². The van der Waals surface area contributed by atoms with Crippen LogP contribution in [0.1, 0.15) is 59.3 Å². The number of hydrogen-bond donors (Lipinski definition) is 3. The van der Waals surface area contributed by atoms with Crippen LogP contribution in [0.3, 0.4) is 0 Å². The number of carbonyl (C=O) groups excluding carboxylic acids is 2. The second kappa shape index (κ2) is 6.66. The van der Waals surface area contributed by atoms with Gasteiger partial charge in [0.2, 0.25) is 11.8 Å². The van der Waals surface area contributed by atoms with Gasteiger partial charge >= 0.3 is 0 Å². The fraction of sp³-hybridized carbons (Fsp3) is 0.895. The van der Waals surface area contributed by atoms with Crippen LogP contribution < -0.4 is 10.6 Å². The lowest BCUT2D eigenvalue weighted by atomic mass is 9.49. The van der Waals surface area contributed by atoms with E-state index in [1.165, 1.54) is 19.3 Å². The summed E-state index contributed by atoms with van der Waals surface area (Å²) in [4.78, 5) is 25.5. The smallest absolute Gasteiger partial charge is 0.242 e. The maximum atomic E-state index is 13.1. The topological polar surface area (TPSA) is 78.4 Å². The third-order valence-corrected chi connectivity index (χ3v) is 6.33. The Hall–Kier alpha value is -1.10. The van der Waals surface area contributed by atoms with E-state index in [9.17, 15) is 14.7 Å². The van der Waals surface area contributed by atoms with Crippen molar-refractivity contribution in [1.82, 2.24) is 10.6 Å². The van der Waals surface area contributed by atoms with Gasteiger partial charge in [-0.2, -0.15) is 0 Å². The first-order valence-electron chi connectivity index (χ1n) is 9.56. The number of aliphatic hydroxyl groups is 1. The van der Waals surface area contributed by atoms with Gasteiger partial charge in [0.1, 0.15) is 6.04 Å². The Balaban J connectivity index is 1.66. The Labute approximate surface area is 145 Å². The van der Waals surface area contributed by atoms with Crippen LogP contribution in [0.25, 0.3) is 0 Å². The lowest BCUT2D eigenvalue weighted by molar-refractivity contribution is -0.149. The number of nitrogens with one attached hydrogen (secondary N) is 2. The SMILES string of the molecule is CC(O)CNC(=O)C(NC(=O)C12CC3CC(CC(C3)C1)C2)C(C)C. The molecule has 0 spiro atoms. The summed E-state index contributed by atoms with van der Waals surface area (Å²) < 4.78 is 0. The van der Waals surface area contributed by atoms with Crippen molar-refractivity contribution in [1.29, 1.82) is 0 Å². The number of amides is 2. The highest BCUT2D eigenvalue weighted by atomic mass is 16.3. The minimum atomic E-state index is -0.583. The third-order valence-electron chi connectivity index (χ3n) is 6.33. The van der Waals surface area contributed by atoms with E-state index in [1.807, 2.05) is 13.8 Å². The van der Waals surface area contributed by atoms with Crippen LogP contribution in [0.2, 0.25) is 0 Å². The summed E-state index contributed by atoms with van der Waals surface area (Å²) in [6.45, 7) is 5.76. The molecule has 0 saturated heterocycles. The molecule has 4 fully saturated rings. The minimum absolute atomic E-state index is 0.0249. The zero-order chi connectivity index (χ0) is 17.5. The second-order valence-electron chi connectivity index (χ2n) is 8.99. The lowest BCUT2D eigenvalue weighted by Crippen LogP contribution is -2.58. The molecule has 0 aromatic rings. The van der Waals surface area contributed by atoms with Crippen LogP contribution in [0.15, 0.2) is 0 Å². The van der Waals surface area contributed by atoms with Crippen LogP contribution in [-0.2, 0) is 9.59 Å². The van der Waals surface area contributed by atoms with Crippen molar-refractivity contribution in [2.45, 2.75) is 71.4 Å². The fourth-order valence-corrected chi connectivity index (χ4v) is 5.58. The van der Waals surface area contributed by atoms with E-state index in [4.69, 9.17) is 0 Å². The molecule has 2 amide bonds. The molecule has 5 nitrogen and oxygen atoms in total. The molecule has 24 heavy (non-hydrogen) atoms. The maximum Gasteiger partial charge on any atom is 0.242 e. The van der Waals surface area contributed by atoms with Crippen LogP contribution in [0, 0.1) is 29.1 Å². The first-order chi connectivity index (χ1) is 11.3. The van der Waals surface area contributed by atoms with Gasteiger partial charge in [-0.3, -0.25) is 9.59 Å². The lowest BCUT2D eigenvalue weighted by Gasteiger charge is -2.55. The average molecular weight is 336 g/mol. The monoisotopic (exact) mass is 336 g/mol. The van der Waals surface area contributed by atoms with Gasteiger partial charge in [-0.15, -0.1) is 0 Å². The van der Waals surface area contributed by atoms with Gasteiger partial charge in [-0.05, 0) is 69.1 Å². The zero-order valence-electron chi connectivity index (χ0n) is 15.2. The van der Waals surface area contributed by atoms with Crippen LogP contribution >= 0.6 is 0 Å². The summed E-state index contributed by atoms with van der Waals surface area (Å²) in [7, 11) is 0. The Morgan fingerprint density at radius 2 is 1.54 bits per heavy atom. The highest BCUT2D eigenvalue weighted by Gasteiger charge is 2.55. The molecular formula is C19H32N2O3. The summed E-state index contributed by atoms with van der Waals surface area (Å²) in [6, 6.07) is -0.524. The number of carbonyl (C=O) groups is 2. The van der Waals surface area contributed by atoms with E-state index in [0.717, 1.165) is 19.3 Å². The van der Waals surface area contributed by atoms with E-state index in [0.29, 0.717) is 17.8 Å². The van der Waals surface area contributed by atoms with Crippen molar-refractivity contribution in [2.75, 3.05) is 6.54 Å². The molecule has 2 atom stereocenters. The number of aliphatic hydroxyl groups excluding tert-OH is 1. The molecule has 4 saturated carbocycles. The van der Waals surface area contributed by atoms with E-state index in [2.05, 4.69) is 10.6 Å². The largest absolute Gasteiger partial charge is 0.392 e. The second-order valence-corrected chi connectivity index (χ2v) is 8.99. The predicted molar refractivity (Wildman–Crippen MR) is 92.1 cm³/mol. The van der Waals surface area contributed by atoms with E-state index >= 15 is 0 Å². The summed E-state index contributed by atoms with van der Waals surface area (Å²) in [5, 5.41) is 15.2. The number of hydrogen-bond acceptors (Lipinski definition) is 3. The first-order valence-corrected chi connectivity index (χ1v) is 9.56. The van der Waals surface area contributed by atoms with E-state index in [1.54, 1.807) is 6.92 Å². The number of rotatable bonds is 6. The van der Waals surface area contributed by atoms with Crippen LogP contribution in [0.4, 0.5) is 0 Å². The van der Waals surface area contributed by atoms with Crippen LogP contribution in [-0.4, -0.2) is 35.6 Å². The molecule has 4 aliphatic rings. The quantitative estimate of drug-likeness (QED) is 0.692. The predicted octanol–water partition coefficient (Wildman–Crippen LogP) is 1.84. The fourth-order valence-electron chi connectivity index (χ4n) is 5.58. The van der Waals surface area contributed by atoms with Crippen molar-refractivity contribution in [3.05, 3.63) is 0 Å². The molecular weight excluding hydrogens is 304 g/mol. The third kappa shape index (κ3) is 3.46. The molecule has 5 heteroatoms. The van der Waals surface area contributed by atoms with Gasteiger partial charge in [0.05, 0.1) is 6.10 Å². The normalized spacial score (nSPS) is 36.5. The van der Waals surface area contributed by atoms with Crippen molar-refractivity contribution >= 4 is 11.8 Å². The maximum absolute atomic E-state index is 13.1. The Kier molecular flexibility index (Phi) is 4.92. The molecule has 136 valence electrons. The molecule has 2 unspecified atom stereocenters. The molecule has 0 aromatic heterocycles. The van der Waals surface area contributed by atoms with Crippen molar-refractivity contribution in [3.8, 4) is 0 Å². The van der Waals surface area contributed by atoms with Gasteiger partial charge in [-0.25, -0.2) is 0 Å². The Bertz CT molecular complexity index is 466. The molecule has 4 aliphatic carbocycles. The van der Waals surface area contributed by atoms with Crippen molar-refractivity contribution in [3.63, 3.8) is 0 Å². The molecule has 0 radical (unpaired) electrons. The molecule has 3 N–H and O–H groups in total. The first kappa shape index (κ1) is 17.7. The zero-order valence-corrected chi connectivity index (χ0v) is 15.2. The molecule has 0 aromatic carbocycles. The molecule has 0 heterocycles. The Morgan fingerprint density at radius 1 is 1.04 bits per heavy atom. The van der Waals surface area contributed by atoms with Gasteiger partial charge in [0, 0.05) is 12.0 Å². The molecule has 4 bridgehead atoms. The van der Waals surface area contributed by atoms with Gasteiger partial charge in [0.15, 0.2) is 0 Å². The van der Waals surface area contributed by atoms with Crippen LogP contribution in [0.5, 0.6) is 0 Å². The highest BCUT2D eigenvalue weighted by molar-refractivity contribution is 5.90. The molecule has 4 rings (SSSR count). The van der Waals surface area contributed by atoms with Gasteiger partial charge in [-0.1, -0.05) is 13.8 Å². The van der Waals surface area contributed by atoms with E-state index < -0.39 is 12.1 Å². The summed E-state index contributed by atoms with van der Waals surface area (Å²) in [5.74, 6) is 2.06.